The first kappa shape index (κ1) is 10.7. The SMILES string of the molecule is O=C1CCCC2Oc3ccccc3C(O)[C@]12O. The van der Waals surface area contributed by atoms with Crippen molar-refractivity contribution in [3.05, 3.63) is 29.8 Å². The topological polar surface area (TPSA) is 66.8 Å². The number of benzene rings is 1. The molecule has 3 atom stereocenters. The summed E-state index contributed by atoms with van der Waals surface area (Å²) in [4.78, 5) is 11.9. The summed E-state index contributed by atoms with van der Waals surface area (Å²) in [5, 5.41) is 20.7. The Balaban J connectivity index is 2.11. The largest absolute Gasteiger partial charge is 0.486 e. The van der Waals surface area contributed by atoms with Gasteiger partial charge in [0.1, 0.15) is 18.0 Å². The number of fused-ring (bicyclic) bond motifs is 2. The number of aliphatic hydroxyl groups excluding tert-OH is 1. The average molecular weight is 234 g/mol. The molecule has 2 N–H and O–H groups in total. The van der Waals surface area contributed by atoms with Crippen LogP contribution in [0.3, 0.4) is 0 Å². The zero-order valence-corrected chi connectivity index (χ0v) is 9.30. The van der Waals surface area contributed by atoms with Gasteiger partial charge in [0.25, 0.3) is 0 Å². The van der Waals surface area contributed by atoms with Gasteiger partial charge in [-0.1, -0.05) is 18.2 Å². The molecule has 1 aliphatic carbocycles. The molecule has 3 rings (SSSR count). The van der Waals surface area contributed by atoms with Gasteiger partial charge in [-0.25, -0.2) is 0 Å². The molecule has 4 heteroatoms. The molecule has 0 bridgehead atoms. The summed E-state index contributed by atoms with van der Waals surface area (Å²) in [6.07, 6.45) is -0.233. The second kappa shape index (κ2) is 3.55. The van der Waals surface area contributed by atoms with E-state index in [1.54, 1.807) is 24.3 Å². The first-order valence-electron chi connectivity index (χ1n) is 5.83. The fourth-order valence-electron chi connectivity index (χ4n) is 2.73. The summed E-state index contributed by atoms with van der Waals surface area (Å²) in [7, 11) is 0. The van der Waals surface area contributed by atoms with Crippen LogP contribution in [0.4, 0.5) is 0 Å². The van der Waals surface area contributed by atoms with Crippen molar-refractivity contribution in [1.82, 2.24) is 0 Å². The van der Waals surface area contributed by atoms with E-state index < -0.39 is 17.8 Å². The third-order valence-electron chi connectivity index (χ3n) is 3.71. The van der Waals surface area contributed by atoms with Crippen LogP contribution in [0.15, 0.2) is 24.3 Å². The van der Waals surface area contributed by atoms with Crippen molar-refractivity contribution in [1.29, 1.82) is 0 Å². The Labute approximate surface area is 98.8 Å². The lowest BCUT2D eigenvalue weighted by Gasteiger charge is -2.45. The minimum Gasteiger partial charge on any atom is -0.486 e. The predicted molar refractivity (Wildman–Crippen MR) is 59.6 cm³/mol. The summed E-state index contributed by atoms with van der Waals surface area (Å²) < 4.78 is 5.65. The highest BCUT2D eigenvalue weighted by atomic mass is 16.5. The van der Waals surface area contributed by atoms with E-state index in [4.69, 9.17) is 4.74 Å². The lowest BCUT2D eigenvalue weighted by atomic mass is 9.73. The minimum atomic E-state index is -1.77. The maximum Gasteiger partial charge on any atom is 0.190 e. The van der Waals surface area contributed by atoms with Crippen molar-refractivity contribution in [3.63, 3.8) is 0 Å². The molecule has 2 aliphatic rings. The van der Waals surface area contributed by atoms with Crippen LogP contribution < -0.4 is 4.74 Å². The number of Topliss-reactive ketones (excluding diaryl/α,β-unsaturated/α-hetero) is 1. The van der Waals surface area contributed by atoms with Crippen LogP contribution in [0.2, 0.25) is 0 Å². The molecule has 1 aliphatic heterocycles. The lowest BCUT2D eigenvalue weighted by molar-refractivity contribution is -0.183. The average Bonchev–Trinajstić information content (AvgIpc) is 2.34. The molecule has 0 aromatic heterocycles. The van der Waals surface area contributed by atoms with Crippen LogP contribution in [-0.2, 0) is 4.79 Å². The highest BCUT2D eigenvalue weighted by molar-refractivity contribution is 5.90. The van der Waals surface area contributed by atoms with E-state index in [2.05, 4.69) is 0 Å². The fourth-order valence-corrected chi connectivity index (χ4v) is 2.73. The number of ether oxygens (including phenoxy) is 1. The second-order valence-electron chi connectivity index (χ2n) is 4.69. The number of hydrogen-bond acceptors (Lipinski definition) is 4. The minimum absolute atomic E-state index is 0.301. The molecule has 0 radical (unpaired) electrons. The molecular weight excluding hydrogens is 220 g/mol. The van der Waals surface area contributed by atoms with Crippen LogP contribution in [0.5, 0.6) is 5.75 Å². The summed E-state index contributed by atoms with van der Waals surface area (Å²) >= 11 is 0. The number of ketones is 1. The Hall–Kier alpha value is -1.39. The Morgan fingerprint density at radius 3 is 2.94 bits per heavy atom. The molecule has 1 fully saturated rings. The maximum atomic E-state index is 11.9. The molecule has 1 saturated carbocycles. The monoisotopic (exact) mass is 234 g/mol. The number of hydrogen-bond donors (Lipinski definition) is 2. The number of carbonyl (C=O) groups is 1. The molecule has 1 aromatic rings. The highest BCUT2D eigenvalue weighted by Crippen LogP contribution is 2.45. The predicted octanol–water partition coefficient (Wildman–Crippen LogP) is 0.965. The van der Waals surface area contributed by atoms with Crippen LogP contribution in [-0.4, -0.2) is 27.7 Å². The number of carbonyl (C=O) groups excluding carboxylic acids is 1. The van der Waals surface area contributed by atoms with Crippen molar-refractivity contribution in [2.45, 2.75) is 37.1 Å². The van der Waals surface area contributed by atoms with Gasteiger partial charge in [0, 0.05) is 12.0 Å². The third-order valence-corrected chi connectivity index (χ3v) is 3.71. The highest BCUT2D eigenvalue weighted by Gasteiger charge is 2.56. The van der Waals surface area contributed by atoms with E-state index in [0.29, 0.717) is 30.6 Å². The molecule has 0 amide bonds. The first-order chi connectivity index (χ1) is 8.14. The third kappa shape index (κ3) is 1.34. The Bertz CT molecular complexity index is 470. The molecule has 4 nitrogen and oxygen atoms in total. The number of aliphatic hydroxyl groups is 2. The van der Waals surface area contributed by atoms with Crippen molar-refractivity contribution in [2.24, 2.45) is 0 Å². The van der Waals surface area contributed by atoms with E-state index in [1.165, 1.54) is 0 Å². The van der Waals surface area contributed by atoms with Gasteiger partial charge < -0.3 is 14.9 Å². The summed E-state index contributed by atoms with van der Waals surface area (Å²) in [5.74, 6) is 0.236. The quantitative estimate of drug-likeness (QED) is 0.701. The van der Waals surface area contributed by atoms with E-state index in [-0.39, 0.29) is 5.78 Å². The normalized spacial score (nSPS) is 35.8. The van der Waals surface area contributed by atoms with Gasteiger partial charge in [-0.3, -0.25) is 4.79 Å². The van der Waals surface area contributed by atoms with Gasteiger partial charge in [0.15, 0.2) is 11.4 Å². The smallest absolute Gasteiger partial charge is 0.190 e. The molecule has 17 heavy (non-hydrogen) atoms. The van der Waals surface area contributed by atoms with Gasteiger partial charge in [-0.05, 0) is 18.9 Å². The molecule has 90 valence electrons. The van der Waals surface area contributed by atoms with Crippen molar-refractivity contribution in [2.75, 3.05) is 0 Å². The summed E-state index contributed by atoms with van der Waals surface area (Å²) in [6, 6.07) is 6.98. The molecule has 1 aromatic carbocycles. The second-order valence-corrected chi connectivity index (χ2v) is 4.69. The fraction of sp³-hybridized carbons (Fsp3) is 0.462. The maximum absolute atomic E-state index is 11.9. The van der Waals surface area contributed by atoms with E-state index >= 15 is 0 Å². The molecule has 0 spiro atoms. The van der Waals surface area contributed by atoms with Crippen LogP contribution in [0.25, 0.3) is 0 Å². The zero-order valence-electron chi connectivity index (χ0n) is 9.30. The standard InChI is InChI=1S/C13H14O4/c14-10-6-3-7-11-13(10,16)12(15)8-4-1-2-5-9(8)17-11/h1-2,4-5,11-12,15-16H,3,6-7H2/t11?,12?,13-/m0/s1. The van der Waals surface area contributed by atoms with Crippen molar-refractivity contribution < 1.29 is 19.7 Å². The molecule has 0 saturated heterocycles. The van der Waals surface area contributed by atoms with E-state index in [9.17, 15) is 15.0 Å². The first-order valence-corrected chi connectivity index (χ1v) is 5.83. The number of para-hydroxylation sites is 1. The Morgan fingerprint density at radius 1 is 1.35 bits per heavy atom. The molecule has 1 heterocycles. The van der Waals surface area contributed by atoms with Gasteiger partial charge in [0.05, 0.1) is 0 Å². The zero-order chi connectivity index (χ0) is 12.0. The Kier molecular flexibility index (Phi) is 2.24. The van der Waals surface area contributed by atoms with Gasteiger partial charge in [-0.2, -0.15) is 0 Å². The van der Waals surface area contributed by atoms with E-state index in [0.717, 1.165) is 0 Å². The van der Waals surface area contributed by atoms with Gasteiger partial charge in [-0.15, -0.1) is 0 Å². The lowest BCUT2D eigenvalue weighted by Crippen LogP contribution is -2.60. The number of rotatable bonds is 0. The molecule has 2 unspecified atom stereocenters. The van der Waals surface area contributed by atoms with Gasteiger partial charge >= 0.3 is 0 Å². The van der Waals surface area contributed by atoms with Crippen molar-refractivity contribution >= 4 is 5.78 Å². The van der Waals surface area contributed by atoms with Crippen molar-refractivity contribution in [3.8, 4) is 5.75 Å². The van der Waals surface area contributed by atoms with Gasteiger partial charge in [0.2, 0.25) is 0 Å². The van der Waals surface area contributed by atoms with E-state index in [1.807, 2.05) is 0 Å². The Morgan fingerprint density at radius 2 is 2.12 bits per heavy atom. The summed E-state index contributed by atoms with van der Waals surface area (Å²) in [5.41, 5.74) is -1.28. The molecular formula is C13H14O4. The summed E-state index contributed by atoms with van der Waals surface area (Å²) in [6.45, 7) is 0. The van der Waals surface area contributed by atoms with Crippen LogP contribution in [0.1, 0.15) is 30.9 Å². The van der Waals surface area contributed by atoms with Crippen LogP contribution >= 0.6 is 0 Å². The van der Waals surface area contributed by atoms with Crippen LogP contribution in [0, 0.1) is 0 Å².